The SMILES string of the molecule is C=CC1=C(C(=O)S)N2C(=O)C(NC(=O)C(=NOCC)c3nsc(N)n3)[C@H]2SC1. The fraction of sp³-hybridized carbons (Fsp3) is 0.333. The number of nitrogens with zero attached hydrogens (tertiary/aromatic N) is 4. The van der Waals surface area contributed by atoms with E-state index < -0.39 is 28.3 Å². The van der Waals surface area contributed by atoms with E-state index in [0.717, 1.165) is 11.5 Å². The van der Waals surface area contributed by atoms with Gasteiger partial charge in [0.1, 0.15) is 23.7 Å². The highest BCUT2D eigenvalue weighted by molar-refractivity contribution is 8.00. The average molecular weight is 441 g/mol. The molecule has 0 bridgehead atoms. The Hall–Kier alpha value is -2.38. The van der Waals surface area contributed by atoms with Gasteiger partial charge in [-0.05, 0) is 12.5 Å². The van der Waals surface area contributed by atoms with Gasteiger partial charge in [0.25, 0.3) is 11.8 Å². The minimum Gasteiger partial charge on any atom is -0.395 e. The van der Waals surface area contributed by atoms with Crippen molar-refractivity contribution in [2.24, 2.45) is 5.16 Å². The molecule has 10 nitrogen and oxygen atoms in total. The maximum Gasteiger partial charge on any atom is 0.278 e. The molecule has 3 N–H and O–H groups in total. The molecule has 0 saturated carbocycles. The minimum absolute atomic E-state index is 0.00782. The van der Waals surface area contributed by atoms with E-state index in [1.54, 1.807) is 6.92 Å². The Balaban J connectivity index is 1.80. The highest BCUT2D eigenvalue weighted by Crippen LogP contribution is 2.41. The summed E-state index contributed by atoms with van der Waals surface area (Å²) in [6.07, 6.45) is 1.52. The number of nitrogens with one attached hydrogen (secondary N) is 1. The van der Waals surface area contributed by atoms with E-state index in [0.29, 0.717) is 11.3 Å². The summed E-state index contributed by atoms with van der Waals surface area (Å²) in [7, 11) is 0. The summed E-state index contributed by atoms with van der Waals surface area (Å²) >= 11 is 6.16. The quantitative estimate of drug-likeness (QED) is 0.236. The average Bonchev–Trinajstić information content (AvgIpc) is 3.10. The third kappa shape index (κ3) is 3.64. The van der Waals surface area contributed by atoms with E-state index in [4.69, 9.17) is 10.6 Å². The van der Waals surface area contributed by atoms with Crippen molar-refractivity contribution in [1.29, 1.82) is 0 Å². The minimum atomic E-state index is -0.839. The number of aromatic nitrogens is 2. The van der Waals surface area contributed by atoms with Gasteiger partial charge in [-0.25, -0.2) is 0 Å². The van der Waals surface area contributed by atoms with Crippen LogP contribution in [0.15, 0.2) is 29.1 Å². The molecule has 13 heteroatoms. The Morgan fingerprint density at radius 1 is 1.57 bits per heavy atom. The molecule has 0 aliphatic carbocycles. The molecule has 0 radical (unpaired) electrons. The molecular weight excluding hydrogens is 424 g/mol. The summed E-state index contributed by atoms with van der Waals surface area (Å²) in [6, 6.07) is -0.839. The first-order valence-corrected chi connectivity index (χ1v) is 10.3. The number of carbonyl (C=O) groups excluding carboxylic acids is 3. The number of thioether (sulfide) groups is 1. The molecule has 148 valence electrons. The molecule has 1 aromatic rings. The van der Waals surface area contributed by atoms with Gasteiger partial charge >= 0.3 is 0 Å². The van der Waals surface area contributed by atoms with Crippen LogP contribution in [0.2, 0.25) is 0 Å². The summed E-state index contributed by atoms with van der Waals surface area (Å²) < 4.78 is 3.96. The largest absolute Gasteiger partial charge is 0.395 e. The van der Waals surface area contributed by atoms with Crippen LogP contribution < -0.4 is 11.1 Å². The van der Waals surface area contributed by atoms with E-state index in [-0.39, 0.29) is 29.0 Å². The molecule has 1 fully saturated rings. The Labute approximate surface area is 173 Å². The molecule has 2 atom stereocenters. The van der Waals surface area contributed by atoms with Crippen molar-refractivity contribution in [2.75, 3.05) is 18.1 Å². The topological polar surface area (TPSA) is 140 Å². The van der Waals surface area contributed by atoms with Crippen LogP contribution in [0, 0.1) is 0 Å². The Morgan fingerprint density at radius 2 is 2.32 bits per heavy atom. The smallest absolute Gasteiger partial charge is 0.278 e. The van der Waals surface area contributed by atoms with Crippen LogP contribution in [0.1, 0.15) is 12.7 Å². The monoisotopic (exact) mass is 440 g/mol. The lowest BCUT2D eigenvalue weighted by Crippen LogP contribution is -2.70. The highest BCUT2D eigenvalue weighted by Gasteiger charge is 2.53. The van der Waals surface area contributed by atoms with Gasteiger partial charge in [0, 0.05) is 17.3 Å². The fourth-order valence-electron chi connectivity index (χ4n) is 2.65. The number of amides is 2. The Kier molecular flexibility index (Phi) is 6.05. The van der Waals surface area contributed by atoms with Crippen LogP contribution >= 0.6 is 35.9 Å². The standard InChI is InChI=1S/C15H16N6O4S3/c1-3-6-5-27-13-8(12(23)21(13)9(6)14(24)26)17-11(22)7(19-25-4-2)10-18-15(16)28-20-10/h3,8,13H,1,4-5H2,2H3,(H,17,22)(H,24,26)(H2,16,18,20)/t8?,13-/m1/s1. The molecule has 1 unspecified atom stereocenters. The summed E-state index contributed by atoms with van der Waals surface area (Å²) in [5.41, 5.74) is 6.19. The number of rotatable bonds is 7. The van der Waals surface area contributed by atoms with Crippen LogP contribution in [0.3, 0.4) is 0 Å². The zero-order chi connectivity index (χ0) is 20.4. The van der Waals surface area contributed by atoms with Gasteiger partial charge in [-0.3, -0.25) is 19.3 Å². The Morgan fingerprint density at radius 3 is 2.89 bits per heavy atom. The van der Waals surface area contributed by atoms with E-state index in [1.165, 1.54) is 22.7 Å². The predicted molar refractivity (Wildman–Crippen MR) is 109 cm³/mol. The van der Waals surface area contributed by atoms with Gasteiger partial charge < -0.3 is 15.9 Å². The molecule has 1 aromatic heterocycles. The Bertz CT molecular complexity index is 911. The van der Waals surface area contributed by atoms with Crippen molar-refractivity contribution in [2.45, 2.75) is 18.3 Å². The lowest BCUT2D eigenvalue weighted by Gasteiger charge is -2.49. The number of oxime groups is 1. The second kappa shape index (κ2) is 8.32. The van der Waals surface area contributed by atoms with E-state index in [1.807, 2.05) is 0 Å². The second-order valence-corrected chi connectivity index (χ2v) is 7.85. The number of β-lactam (4-membered cyclic amide) rings is 1. The van der Waals surface area contributed by atoms with Gasteiger partial charge in [0.15, 0.2) is 5.13 Å². The number of hydrogen-bond acceptors (Lipinski definition) is 10. The number of hydrogen-bond donors (Lipinski definition) is 3. The van der Waals surface area contributed by atoms with Crippen molar-refractivity contribution in [1.82, 2.24) is 19.6 Å². The summed E-state index contributed by atoms with van der Waals surface area (Å²) in [4.78, 5) is 47.4. The first kappa shape index (κ1) is 20.4. The molecule has 0 aromatic carbocycles. The normalized spacial score (nSPS) is 21.7. The lowest BCUT2D eigenvalue weighted by atomic mass is 10.0. The van der Waals surface area contributed by atoms with Crippen molar-refractivity contribution in [3.63, 3.8) is 0 Å². The number of fused-ring (bicyclic) bond motifs is 1. The molecule has 3 heterocycles. The third-order valence-corrected chi connectivity index (χ3v) is 5.94. The van der Waals surface area contributed by atoms with Crippen molar-refractivity contribution in [3.05, 3.63) is 29.7 Å². The highest BCUT2D eigenvalue weighted by atomic mass is 32.2. The second-order valence-electron chi connectivity index (χ2n) is 5.56. The maximum atomic E-state index is 12.7. The van der Waals surface area contributed by atoms with E-state index in [9.17, 15) is 14.4 Å². The number of nitrogen functional groups attached to an aromatic ring is 1. The number of thiol groups is 1. The van der Waals surface area contributed by atoms with Crippen LogP contribution in [-0.4, -0.2) is 60.7 Å². The zero-order valence-electron chi connectivity index (χ0n) is 14.6. The molecule has 2 aliphatic heterocycles. The van der Waals surface area contributed by atoms with Crippen LogP contribution in [0.4, 0.5) is 5.13 Å². The van der Waals surface area contributed by atoms with Crippen molar-refractivity contribution in [3.8, 4) is 0 Å². The van der Waals surface area contributed by atoms with Gasteiger partial charge in [-0.2, -0.15) is 9.36 Å². The van der Waals surface area contributed by atoms with Crippen LogP contribution in [-0.2, 0) is 19.2 Å². The molecule has 28 heavy (non-hydrogen) atoms. The lowest BCUT2D eigenvalue weighted by molar-refractivity contribution is -0.146. The molecule has 2 aliphatic rings. The van der Waals surface area contributed by atoms with Gasteiger partial charge in [-0.1, -0.05) is 30.4 Å². The molecule has 0 spiro atoms. The fourth-order valence-corrected chi connectivity index (χ4v) is 4.68. The molecular formula is C15H16N6O4S3. The molecule has 3 rings (SSSR count). The van der Waals surface area contributed by atoms with E-state index in [2.05, 4.69) is 39.0 Å². The van der Waals surface area contributed by atoms with Crippen LogP contribution in [0.25, 0.3) is 0 Å². The van der Waals surface area contributed by atoms with Crippen molar-refractivity contribution < 1.29 is 19.2 Å². The summed E-state index contributed by atoms with van der Waals surface area (Å²) in [6.45, 7) is 5.59. The number of allylic oxidation sites excluding steroid dienone is 1. The summed E-state index contributed by atoms with van der Waals surface area (Å²) in [5.74, 6) is -0.630. The first-order chi connectivity index (χ1) is 13.4. The number of anilines is 1. The van der Waals surface area contributed by atoms with Gasteiger partial charge in [0.2, 0.25) is 16.7 Å². The van der Waals surface area contributed by atoms with Gasteiger partial charge in [0.05, 0.1) is 0 Å². The molecule has 1 saturated heterocycles. The third-order valence-electron chi connectivity index (χ3n) is 3.89. The van der Waals surface area contributed by atoms with Crippen LogP contribution in [0.5, 0.6) is 0 Å². The van der Waals surface area contributed by atoms with E-state index >= 15 is 0 Å². The molecule has 2 amide bonds. The van der Waals surface area contributed by atoms with Crippen molar-refractivity contribution >= 4 is 63.7 Å². The van der Waals surface area contributed by atoms with Gasteiger partial charge in [-0.15, -0.1) is 11.8 Å². The predicted octanol–water partition coefficient (Wildman–Crippen LogP) is 0.157. The summed E-state index contributed by atoms with van der Waals surface area (Å²) in [5, 5.41) is 5.56. The number of carbonyl (C=O) groups is 3. The number of nitrogens with two attached hydrogens (primary N) is 1. The first-order valence-electron chi connectivity index (χ1n) is 8.03. The zero-order valence-corrected chi connectivity index (χ0v) is 17.1. The maximum absolute atomic E-state index is 12.7.